The second-order valence-electron chi connectivity index (χ2n) is 9.22. The van der Waals surface area contributed by atoms with Crippen molar-refractivity contribution in [3.05, 3.63) is 64.5 Å². The molecule has 0 atom stereocenters. The second kappa shape index (κ2) is 13.7. The average molecular weight is 467 g/mol. The molecule has 1 aromatic heterocycles. The molecule has 0 saturated heterocycles. The van der Waals surface area contributed by atoms with Crippen molar-refractivity contribution in [3.63, 3.8) is 0 Å². The monoisotopic (exact) mass is 466 g/mol. The first-order valence-corrected chi connectivity index (χ1v) is 12.4. The van der Waals surface area contributed by atoms with E-state index in [4.69, 9.17) is 9.47 Å². The lowest BCUT2D eigenvalue weighted by Gasteiger charge is -2.20. The summed E-state index contributed by atoms with van der Waals surface area (Å²) in [6.07, 6.45) is 9.92. The molecule has 0 saturated carbocycles. The van der Waals surface area contributed by atoms with Gasteiger partial charge in [0.1, 0.15) is 6.61 Å². The molecule has 0 fully saturated rings. The fraction of sp³-hybridized carbons (Fsp3) is 0.483. The Morgan fingerprint density at radius 3 is 2.59 bits per heavy atom. The lowest BCUT2D eigenvalue weighted by atomic mass is 10.1. The fourth-order valence-corrected chi connectivity index (χ4v) is 3.68. The van der Waals surface area contributed by atoms with Gasteiger partial charge in [-0.1, -0.05) is 36.6 Å². The lowest BCUT2D eigenvalue weighted by molar-refractivity contribution is 0.222. The average Bonchev–Trinajstić information content (AvgIpc) is 2.78. The standard InChI is InChI=1S/C29H42N2O3/c1-8-10-18-31-26-20-24(30-17-9-2)14-15-25(26)27(28(29(31)32)34-22(5)6)33-19-16-23(7)13-11-12-21(3)4/h9,12,14-16,20,22,30H,2,8,10-11,13,17-19H2,1,3-7H3. The number of pyridine rings is 1. The number of ether oxygens (including phenoxy) is 2. The third kappa shape index (κ3) is 7.82. The number of benzene rings is 1. The summed E-state index contributed by atoms with van der Waals surface area (Å²) in [5, 5.41) is 4.20. The molecule has 186 valence electrons. The summed E-state index contributed by atoms with van der Waals surface area (Å²) in [4.78, 5) is 13.6. The van der Waals surface area contributed by atoms with E-state index in [1.54, 1.807) is 0 Å². The number of hydrogen-bond acceptors (Lipinski definition) is 4. The molecule has 2 rings (SSSR count). The predicted octanol–water partition coefficient (Wildman–Crippen LogP) is 7.26. The highest BCUT2D eigenvalue weighted by Crippen LogP contribution is 2.35. The Bertz CT molecular complexity index is 1070. The van der Waals surface area contributed by atoms with E-state index < -0.39 is 0 Å². The summed E-state index contributed by atoms with van der Waals surface area (Å²) in [5.41, 5.74) is 4.24. The number of nitrogens with one attached hydrogen (secondary N) is 1. The Labute approximate surface area is 205 Å². The number of anilines is 1. The second-order valence-corrected chi connectivity index (χ2v) is 9.22. The molecule has 0 unspecified atom stereocenters. The highest BCUT2D eigenvalue weighted by Gasteiger charge is 2.21. The third-order valence-electron chi connectivity index (χ3n) is 5.47. The zero-order valence-corrected chi connectivity index (χ0v) is 21.9. The number of aromatic nitrogens is 1. The first-order valence-electron chi connectivity index (χ1n) is 12.4. The maximum atomic E-state index is 13.6. The van der Waals surface area contributed by atoms with Gasteiger partial charge in [-0.2, -0.15) is 0 Å². The van der Waals surface area contributed by atoms with Crippen molar-refractivity contribution in [3.8, 4) is 11.5 Å². The summed E-state index contributed by atoms with van der Waals surface area (Å²) in [6.45, 7) is 17.8. The summed E-state index contributed by atoms with van der Waals surface area (Å²) in [5.74, 6) is 0.811. The van der Waals surface area contributed by atoms with E-state index in [1.807, 2.05) is 42.7 Å². The van der Waals surface area contributed by atoms with Gasteiger partial charge in [0.15, 0.2) is 5.75 Å². The topological polar surface area (TPSA) is 52.5 Å². The van der Waals surface area contributed by atoms with Crippen LogP contribution in [0.4, 0.5) is 5.69 Å². The molecule has 0 radical (unpaired) electrons. The minimum absolute atomic E-state index is 0.137. The number of unbranched alkanes of at least 4 members (excludes halogenated alkanes) is 1. The molecule has 0 bridgehead atoms. The van der Waals surface area contributed by atoms with Crippen molar-refractivity contribution in [2.45, 2.75) is 79.9 Å². The van der Waals surface area contributed by atoms with Crippen molar-refractivity contribution in [1.29, 1.82) is 0 Å². The van der Waals surface area contributed by atoms with Crippen LogP contribution in [0.1, 0.15) is 67.2 Å². The number of rotatable bonds is 14. The molecular formula is C29H42N2O3. The molecule has 0 amide bonds. The van der Waals surface area contributed by atoms with Gasteiger partial charge in [0, 0.05) is 24.2 Å². The van der Waals surface area contributed by atoms with Gasteiger partial charge in [-0.15, -0.1) is 6.58 Å². The van der Waals surface area contributed by atoms with Crippen LogP contribution in [-0.2, 0) is 6.54 Å². The van der Waals surface area contributed by atoms with Gasteiger partial charge in [0.2, 0.25) is 5.75 Å². The SMILES string of the molecule is C=CCNc1ccc2c(OCC=C(C)CCC=C(C)C)c(OC(C)C)c(=O)n(CCCC)c2c1. The van der Waals surface area contributed by atoms with E-state index in [0.29, 0.717) is 31.2 Å². The number of nitrogens with zero attached hydrogens (tertiary/aromatic N) is 1. The van der Waals surface area contributed by atoms with Crippen molar-refractivity contribution in [1.82, 2.24) is 4.57 Å². The predicted molar refractivity (Wildman–Crippen MR) is 145 cm³/mol. The molecule has 5 nitrogen and oxygen atoms in total. The quantitative estimate of drug-likeness (QED) is 0.298. The smallest absolute Gasteiger partial charge is 0.297 e. The summed E-state index contributed by atoms with van der Waals surface area (Å²) in [6, 6.07) is 6.03. The molecular weight excluding hydrogens is 424 g/mol. The van der Waals surface area contributed by atoms with Crippen LogP contribution in [0.3, 0.4) is 0 Å². The van der Waals surface area contributed by atoms with Crippen LogP contribution in [0.5, 0.6) is 11.5 Å². The van der Waals surface area contributed by atoms with Crippen LogP contribution >= 0.6 is 0 Å². The van der Waals surface area contributed by atoms with Crippen LogP contribution in [0.15, 0.2) is 58.9 Å². The van der Waals surface area contributed by atoms with Crippen molar-refractivity contribution in [2.24, 2.45) is 0 Å². The lowest BCUT2D eigenvalue weighted by Crippen LogP contribution is -2.25. The number of hydrogen-bond donors (Lipinski definition) is 1. The Balaban J connectivity index is 2.52. The highest BCUT2D eigenvalue weighted by molar-refractivity contribution is 5.90. The van der Waals surface area contributed by atoms with Crippen LogP contribution in [0.25, 0.3) is 10.9 Å². The van der Waals surface area contributed by atoms with E-state index in [1.165, 1.54) is 11.1 Å². The molecule has 0 aliphatic carbocycles. The van der Waals surface area contributed by atoms with E-state index in [-0.39, 0.29) is 11.7 Å². The molecule has 0 spiro atoms. The van der Waals surface area contributed by atoms with Gasteiger partial charge in [-0.3, -0.25) is 4.79 Å². The summed E-state index contributed by atoms with van der Waals surface area (Å²) >= 11 is 0. The highest BCUT2D eigenvalue weighted by atomic mass is 16.5. The molecule has 1 N–H and O–H groups in total. The molecule has 1 heterocycles. The molecule has 5 heteroatoms. The Kier molecular flexibility index (Phi) is 11.0. The molecule has 34 heavy (non-hydrogen) atoms. The van der Waals surface area contributed by atoms with Crippen LogP contribution in [0, 0.1) is 0 Å². The van der Waals surface area contributed by atoms with Crippen LogP contribution in [-0.4, -0.2) is 23.8 Å². The molecule has 2 aromatic rings. The largest absolute Gasteiger partial charge is 0.485 e. The minimum atomic E-state index is -0.144. The molecule has 0 aliphatic rings. The first kappa shape index (κ1) is 27.3. The zero-order valence-electron chi connectivity index (χ0n) is 21.9. The summed E-state index contributed by atoms with van der Waals surface area (Å²) in [7, 11) is 0. The maximum absolute atomic E-state index is 13.6. The van der Waals surface area contributed by atoms with Gasteiger partial charge >= 0.3 is 0 Å². The van der Waals surface area contributed by atoms with Crippen LogP contribution < -0.4 is 20.3 Å². The van der Waals surface area contributed by atoms with E-state index in [9.17, 15) is 4.79 Å². The van der Waals surface area contributed by atoms with Gasteiger partial charge in [-0.25, -0.2) is 0 Å². The fourth-order valence-electron chi connectivity index (χ4n) is 3.68. The van der Waals surface area contributed by atoms with Crippen LogP contribution in [0.2, 0.25) is 0 Å². The number of aryl methyl sites for hydroxylation is 1. The van der Waals surface area contributed by atoms with Crippen molar-refractivity contribution < 1.29 is 9.47 Å². The van der Waals surface area contributed by atoms with E-state index in [0.717, 1.165) is 42.3 Å². The van der Waals surface area contributed by atoms with Gasteiger partial charge in [-0.05, 0) is 78.2 Å². The normalized spacial score (nSPS) is 11.6. The summed E-state index contributed by atoms with van der Waals surface area (Å²) < 4.78 is 14.1. The zero-order chi connectivity index (χ0) is 25.1. The molecule has 1 aromatic carbocycles. The van der Waals surface area contributed by atoms with Gasteiger partial charge in [0.05, 0.1) is 11.6 Å². The number of fused-ring (bicyclic) bond motifs is 1. The third-order valence-corrected chi connectivity index (χ3v) is 5.47. The van der Waals surface area contributed by atoms with Crippen molar-refractivity contribution in [2.75, 3.05) is 18.5 Å². The minimum Gasteiger partial charge on any atom is -0.485 e. The first-order chi connectivity index (χ1) is 16.3. The Morgan fingerprint density at radius 2 is 1.94 bits per heavy atom. The van der Waals surface area contributed by atoms with Crippen molar-refractivity contribution >= 4 is 16.6 Å². The maximum Gasteiger partial charge on any atom is 0.297 e. The Hall–Kier alpha value is -2.95. The van der Waals surface area contributed by atoms with Gasteiger partial charge < -0.3 is 19.4 Å². The number of allylic oxidation sites excluding steroid dienone is 3. The van der Waals surface area contributed by atoms with E-state index in [2.05, 4.69) is 51.7 Å². The van der Waals surface area contributed by atoms with Gasteiger partial charge in [0.25, 0.3) is 5.56 Å². The Morgan fingerprint density at radius 1 is 1.18 bits per heavy atom. The van der Waals surface area contributed by atoms with E-state index >= 15 is 0 Å². The molecule has 0 aliphatic heterocycles.